The molecule has 0 spiro atoms. The van der Waals surface area contributed by atoms with E-state index in [9.17, 15) is 4.79 Å². The van der Waals surface area contributed by atoms with Gasteiger partial charge in [-0.3, -0.25) is 4.79 Å². The molecule has 8 nitrogen and oxygen atoms in total. The third kappa shape index (κ3) is 3.64. The first kappa shape index (κ1) is 16.9. The predicted octanol–water partition coefficient (Wildman–Crippen LogP) is 3.63. The minimum Gasteiger partial charge on any atom is -0.381 e. The zero-order chi connectivity index (χ0) is 24.0. The lowest BCUT2D eigenvalue weighted by molar-refractivity contribution is -0.131. The molecule has 8 heteroatoms. The van der Waals surface area contributed by atoms with Gasteiger partial charge in [-0.2, -0.15) is 0 Å². The Morgan fingerprint density at radius 3 is 2.81 bits per heavy atom. The van der Waals surface area contributed by atoms with Gasteiger partial charge in [-0.25, -0.2) is 4.98 Å². The van der Waals surface area contributed by atoms with Gasteiger partial charge < -0.3 is 23.9 Å². The summed E-state index contributed by atoms with van der Waals surface area (Å²) in [5, 5.41) is 7.07. The normalized spacial score (nSPS) is 26.3. The number of rotatable bonds is 4. The van der Waals surface area contributed by atoms with Gasteiger partial charge in [-0.1, -0.05) is 11.2 Å². The number of carbonyl (C=O) groups is 1. The number of methoxy groups -OCH3 is 1. The number of ether oxygens (including phenoxy) is 2. The van der Waals surface area contributed by atoms with Crippen LogP contribution in [0.15, 0.2) is 22.7 Å². The van der Waals surface area contributed by atoms with Crippen molar-refractivity contribution in [3.63, 3.8) is 0 Å². The SMILES string of the molecule is [2H]C([2H])([2H])OC1CCC(n2c([C@@H]3COCC(=O)N3)nc3cc(-c4c(C)noc4C)ccc32)CC1. The Morgan fingerprint density at radius 1 is 1.26 bits per heavy atom. The Balaban J connectivity index is 1.52. The first-order valence-electron chi connectivity index (χ1n) is 12.2. The van der Waals surface area contributed by atoms with E-state index in [1.807, 2.05) is 32.0 Å². The van der Waals surface area contributed by atoms with Crippen LogP contribution in [-0.4, -0.2) is 47.0 Å². The summed E-state index contributed by atoms with van der Waals surface area (Å²) in [6.07, 6.45) is 2.52. The number of amides is 1. The Bertz CT molecular complexity index is 1190. The summed E-state index contributed by atoms with van der Waals surface area (Å²) in [6, 6.07) is 5.86. The topological polar surface area (TPSA) is 91.4 Å². The maximum absolute atomic E-state index is 12.0. The molecule has 3 heterocycles. The van der Waals surface area contributed by atoms with Crippen LogP contribution in [0.4, 0.5) is 0 Å². The molecule has 1 amide bonds. The summed E-state index contributed by atoms with van der Waals surface area (Å²) in [5.74, 6) is 1.33. The van der Waals surface area contributed by atoms with E-state index in [0.29, 0.717) is 19.4 Å². The largest absolute Gasteiger partial charge is 0.381 e. The lowest BCUT2D eigenvalue weighted by Crippen LogP contribution is -2.41. The molecule has 1 N–H and O–H groups in total. The van der Waals surface area contributed by atoms with Crippen molar-refractivity contribution in [2.24, 2.45) is 0 Å². The fourth-order valence-electron chi connectivity index (χ4n) is 4.91. The summed E-state index contributed by atoms with van der Waals surface area (Å²) in [4.78, 5) is 17.0. The van der Waals surface area contributed by atoms with Crippen LogP contribution in [0.3, 0.4) is 0 Å². The molecule has 1 saturated carbocycles. The van der Waals surface area contributed by atoms with Gasteiger partial charge in [0.25, 0.3) is 0 Å². The Morgan fingerprint density at radius 2 is 2.10 bits per heavy atom. The molecule has 1 aliphatic carbocycles. The van der Waals surface area contributed by atoms with E-state index < -0.39 is 7.04 Å². The van der Waals surface area contributed by atoms with Gasteiger partial charge in [-0.05, 0) is 57.2 Å². The monoisotopic (exact) mass is 427 g/mol. The predicted molar refractivity (Wildman–Crippen MR) is 115 cm³/mol. The van der Waals surface area contributed by atoms with Gasteiger partial charge in [-0.15, -0.1) is 0 Å². The minimum atomic E-state index is -2.39. The van der Waals surface area contributed by atoms with Crippen LogP contribution in [0, 0.1) is 13.8 Å². The van der Waals surface area contributed by atoms with Crippen molar-refractivity contribution in [1.82, 2.24) is 20.0 Å². The van der Waals surface area contributed by atoms with Gasteiger partial charge in [0.05, 0.1) is 33.6 Å². The second kappa shape index (κ2) is 8.09. The molecule has 31 heavy (non-hydrogen) atoms. The Labute approximate surface area is 185 Å². The lowest BCUT2D eigenvalue weighted by Gasteiger charge is -2.32. The summed E-state index contributed by atoms with van der Waals surface area (Å²) >= 11 is 0. The number of morpholine rings is 1. The molecule has 1 aliphatic heterocycles. The smallest absolute Gasteiger partial charge is 0.246 e. The van der Waals surface area contributed by atoms with Gasteiger partial charge in [0.15, 0.2) is 0 Å². The molecule has 0 radical (unpaired) electrons. The van der Waals surface area contributed by atoms with E-state index in [0.717, 1.165) is 52.3 Å². The average molecular weight is 428 g/mol. The quantitative estimate of drug-likeness (QED) is 0.684. The van der Waals surface area contributed by atoms with Crippen molar-refractivity contribution < 1.29 is 22.9 Å². The summed E-state index contributed by atoms with van der Waals surface area (Å²) < 4.78 is 40.5. The van der Waals surface area contributed by atoms with E-state index in [2.05, 4.69) is 15.0 Å². The molecule has 5 rings (SSSR count). The summed E-state index contributed by atoms with van der Waals surface area (Å²) in [7, 11) is -2.39. The number of hydrogen-bond donors (Lipinski definition) is 1. The van der Waals surface area contributed by atoms with Crippen molar-refractivity contribution in [1.29, 1.82) is 0 Å². The van der Waals surface area contributed by atoms with Gasteiger partial charge in [0.1, 0.15) is 24.2 Å². The molecule has 2 aromatic heterocycles. The second-order valence-electron chi connectivity index (χ2n) is 8.43. The maximum atomic E-state index is 12.0. The third-order valence-electron chi connectivity index (χ3n) is 6.38. The number of aryl methyl sites for hydroxylation is 2. The highest BCUT2D eigenvalue weighted by molar-refractivity contribution is 5.84. The molecule has 1 atom stereocenters. The standard InChI is InChI=1S/C23H28N4O4/c1-13-22(14(2)31-26-13)15-4-9-20-18(10-15)25-23(19-11-30-12-21(28)24-19)27(20)16-5-7-17(29-3)8-6-16/h4,9-10,16-17,19H,5-8,11-12H2,1-3H3,(H,24,28)/t16?,17?,19-/m0/s1/i3D3. The molecular formula is C23H28N4O4. The van der Waals surface area contributed by atoms with Crippen LogP contribution in [-0.2, 0) is 14.3 Å². The Hall–Kier alpha value is -2.71. The van der Waals surface area contributed by atoms with Gasteiger partial charge in [0.2, 0.25) is 5.91 Å². The van der Waals surface area contributed by atoms with E-state index in [1.165, 1.54) is 0 Å². The highest BCUT2D eigenvalue weighted by Gasteiger charge is 2.31. The highest BCUT2D eigenvalue weighted by atomic mass is 16.5. The van der Waals surface area contributed by atoms with Crippen molar-refractivity contribution in [3.8, 4) is 11.1 Å². The first-order chi connectivity index (χ1) is 16.2. The van der Waals surface area contributed by atoms with E-state index in [1.54, 1.807) is 0 Å². The number of imidazole rings is 1. The van der Waals surface area contributed by atoms with Crippen LogP contribution in [0.1, 0.15) is 59.2 Å². The van der Waals surface area contributed by atoms with Crippen molar-refractivity contribution in [3.05, 3.63) is 35.5 Å². The van der Waals surface area contributed by atoms with Crippen LogP contribution in [0.5, 0.6) is 0 Å². The molecule has 1 saturated heterocycles. The zero-order valence-corrected chi connectivity index (χ0v) is 17.7. The van der Waals surface area contributed by atoms with Crippen LogP contribution >= 0.6 is 0 Å². The number of fused-ring (bicyclic) bond motifs is 1. The minimum absolute atomic E-state index is 0.0461. The van der Waals surface area contributed by atoms with Crippen molar-refractivity contribution in [2.75, 3.05) is 20.3 Å². The van der Waals surface area contributed by atoms with Gasteiger partial charge >= 0.3 is 0 Å². The number of nitrogens with zero attached hydrogens (tertiary/aromatic N) is 3. The number of aromatic nitrogens is 3. The summed E-state index contributed by atoms with van der Waals surface area (Å²) in [6.45, 7) is 4.20. The van der Waals surface area contributed by atoms with Crippen molar-refractivity contribution >= 4 is 16.9 Å². The average Bonchev–Trinajstić information content (AvgIpc) is 3.32. The number of nitrogens with one attached hydrogen (secondary N) is 1. The Kier molecular flexibility index (Phi) is 4.41. The van der Waals surface area contributed by atoms with E-state index >= 15 is 0 Å². The molecule has 2 fully saturated rings. The van der Waals surface area contributed by atoms with Crippen LogP contribution in [0.25, 0.3) is 22.2 Å². The summed E-state index contributed by atoms with van der Waals surface area (Å²) in [5.41, 5.74) is 4.52. The first-order valence-corrected chi connectivity index (χ1v) is 10.7. The number of hydrogen-bond acceptors (Lipinski definition) is 6. The molecule has 1 aromatic carbocycles. The molecule has 0 bridgehead atoms. The highest BCUT2D eigenvalue weighted by Crippen LogP contribution is 2.37. The molecule has 164 valence electrons. The second-order valence-corrected chi connectivity index (χ2v) is 8.43. The fraction of sp³-hybridized carbons (Fsp3) is 0.522. The van der Waals surface area contributed by atoms with Crippen molar-refractivity contribution in [2.45, 2.75) is 57.7 Å². The number of carbonyl (C=O) groups excluding carboxylic acids is 1. The van der Waals surface area contributed by atoms with Crippen LogP contribution < -0.4 is 5.32 Å². The zero-order valence-electron chi connectivity index (χ0n) is 20.7. The van der Waals surface area contributed by atoms with Crippen LogP contribution in [0.2, 0.25) is 0 Å². The third-order valence-corrected chi connectivity index (χ3v) is 6.38. The number of benzene rings is 1. The van der Waals surface area contributed by atoms with Gasteiger partial charge in [0, 0.05) is 18.6 Å². The molecule has 0 unspecified atom stereocenters. The maximum Gasteiger partial charge on any atom is 0.246 e. The van der Waals surface area contributed by atoms with E-state index in [-0.39, 0.29) is 30.7 Å². The molecule has 2 aliphatic rings. The fourth-order valence-corrected chi connectivity index (χ4v) is 4.91. The lowest BCUT2D eigenvalue weighted by atomic mass is 9.92. The van der Waals surface area contributed by atoms with E-state index in [4.69, 9.17) is 23.1 Å². The molecular weight excluding hydrogens is 396 g/mol. The molecule has 3 aromatic rings.